The summed E-state index contributed by atoms with van der Waals surface area (Å²) in [7, 11) is 0. The highest BCUT2D eigenvalue weighted by Gasteiger charge is 2.14. The largest absolute Gasteiger partial charge is 0.360 e. The molecule has 128 valence electrons. The molecule has 0 atom stereocenters. The van der Waals surface area contributed by atoms with E-state index in [9.17, 15) is 14.9 Å². The number of nitrogens with one attached hydrogen (secondary N) is 1. The van der Waals surface area contributed by atoms with E-state index in [4.69, 9.17) is 0 Å². The summed E-state index contributed by atoms with van der Waals surface area (Å²) in [6.45, 7) is 0. The van der Waals surface area contributed by atoms with Gasteiger partial charge < -0.3 is 4.98 Å². The van der Waals surface area contributed by atoms with E-state index in [0.717, 1.165) is 10.6 Å². The smallest absolute Gasteiger partial charge is 0.270 e. The number of nitro groups is 1. The molecule has 0 spiro atoms. The second-order valence-electron chi connectivity index (χ2n) is 5.48. The SMILES string of the molecule is O=C(C=Cc1csc(-c2ccsc2)n1)c1c[nH]c2ccc([N+](=O)[O-])cc12. The van der Waals surface area contributed by atoms with Crippen LogP contribution in [0.2, 0.25) is 0 Å². The molecule has 0 aliphatic rings. The van der Waals surface area contributed by atoms with Crippen molar-refractivity contribution in [3.63, 3.8) is 0 Å². The number of nitrogens with zero attached hydrogens (tertiary/aromatic N) is 2. The van der Waals surface area contributed by atoms with E-state index in [1.807, 2.05) is 22.2 Å². The van der Waals surface area contributed by atoms with Gasteiger partial charge in [0.15, 0.2) is 5.78 Å². The Morgan fingerprint density at radius 1 is 1.27 bits per heavy atom. The zero-order valence-electron chi connectivity index (χ0n) is 13.2. The molecule has 0 saturated heterocycles. The fourth-order valence-corrected chi connectivity index (χ4v) is 4.06. The first-order valence-corrected chi connectivity index (χ1v) is 9.40. The maximum absolute atomic E-state index is 12.5. The number of carbonyl (C=O) groups is 1. The van der Waals surface area contributed by atoms with Crippen LogP contribution < -0.4 is 0 Å². The minimum atomic E-state index is -0.474. The van der Waals surface area contributed by atoms with Gasteiger partial charge in [0.2, 0.25) is 0 Å². The molecule has 0 unspecified atom stereocenters. The van der Waals surface area contributed by atoms with E-state index in [1.165, 1.54) is 29.5 Å². The zero-order chi connectivity index (χ0) is 18.1. The number of allylic oxidation sites excluding steroid dienone is 1. The van der Waals surface area contributed by atoms with E-state index in [-0.39, 0.29) is 11.5 Å². The minimum Gasteiger partial charge on any atom is -0.360 e. The van der Waals surface area contributed by atoms with Gasteiger partial charge in [-0.25, -0.2) is 4.98 Å². The number of hydrogen-bond donors (Lipinski definition) is 1. The molecule has 4 aromatic rings. The van der Waals surface area contributed by atoms with Crippen LogP contribution in [0, 0.1) is 10.1 Å². The van der Waals surface area contributed by atoms with E-state index in [2.05, 4.69) is 9.97 Å². The van der Waals surface area contributed by atoms with Gasteiger partial charge in [-0.2, -0.15) is 11.3 Å². The second kappa shape index (κ2) is 6.66. The van der Waals surface area contributed by atoms with E-state index < -0.39 is 4.92 Å². The summed E-state index contributed by atoms with van der Waals surface area (Å²) >= 11 is 3.12. The van der Waals surface area contributed by atoms with Gasteiger partial charge >= 0.3 is 0 Å². The lowest BCUT2D eigenvalue weighted by molar-refractivity contribution is -0.384. The van der Waals surface area contributed by atoms with Crippen molar-refractivity contribution in [1.29, 1.82) is 0 Å². The molecule has 3 aromatic heterocycles. The number of carbonyl (C=O) groups excluding carboxylic acids is 1. The summed E-state index contributed by atoms with van der Waals surface area (Å²) in [4.78, 5) is 30.4. The standard InChI is InChI=1S/C18H11N3O3S2/c22-17(4-1-12-10-26-18(20-12)11-5-6-25-9-11)15-8-19-16-3-2-13(21(23)24)7-14(15)16/h1-10,19H. The van der Waals surface area contributed by atoms with Crippen LogP contribution >= 0.6 is 22.7 Å². The number of fused-ring (bicyclic) bond motifs is 1. The van der Waals surface area contributed by atoms with Crippen molar-refractivity contribution in [2.24, 2.45) is 0 Å². The fraction of sp³-hybridized carbons (Fsp3) is 0. The molecule has 6 nitrogen and oxygen atoms in total. The molecule has 0 radical (unpaired) electrons. The number of rotatable bonds is 5. The zero-order valence-corrected chi connectivity index (χ0v) is 14.8. The average molecular weight is 381 g/mol. The Morgan fingerprint density at radius 2 is 2.15 bits per heavy atom. The molecular formula is C18H11N3O3S2. The number of hydrogen-bond acceptors (Lipinski definition) is 6. The first kappa shape index (κ1) is 16.4. The predicted molar refractivity (Wildman–Crippen MR) is 104 cm³/mol. The Balaban J connectivity index is 1.60. The molecule has 8 heteroatoms. The monoisotopic (exact) mass is 381 g/mol. The third-order valence-electron chi connectivity index (χ3n) is 3.84. The van der Waals surface area contributed by atoms with Crippen LogP contribution in [0.3, 0.4) is 0 Å². The van der Waals surface area contributed by atoms with Crippen LogP contribution in [0.4, 0.5) is 5.69 Å². The number of thiophene rings is 1. The first-order valence-electron chi connectivity index (χ1n) is 7.58. The minimum absolute atomic E-state index is 0.0463. The predicted octanol–water partition coefficient (Wildman–Crippen LogP) is 5.16. The van der Waals surface area contributed by atoms with Crippen molar-refractivity contribution in [2.45, 2.75) is 0 Å². The molecule has 0 bridgehead atoms. The molecule has 1 aromatic carbocycles. The van der Waals surface area contributed by atoms with Gasteiger partial charge in [0.25, 0.3) is 5.69 Å². The molecule has 0 saturated carbocycles. The molecule has 0 amide bonds. The Bertz CT molecular complexity index is 1140. The van der Waals surface area contributed by atoms with E-state index in [0.29, 0.717) is 22.2 Å². The number of ketones is 1. The van der Waals surface area contributed by atoms with Gasteiger partial charge in [-0.3, -0.25) is 14.9 Å². The molecule has 0 aliphatic heterocycles. The topological polar surface area (TPSA) is 88.9 Å². The highest BCUT2D eigenvalue weighted by molar-refractivity contribution is 7.14. The summed E-state index contributed by atoms with van der Waals surface area (Å²) in [6.07, 6.45) is 4.66. The lowest BCUT2D eigenvalue weighted by Gasteiger charge is -1.95. The summed E-state index contributed by atoms with van der Waals surface area (Å²) in [5.41, 5.74) is 2.80. The van der Waals surface area contributed by atoms with Crippen LogP contribution in [-0.2, 0) is 0 Å². The summed E-state index contributed by atoms with van der Waals surface area (Å²) < 4.78 is 0. The lowest BCUT2D eigenvalue weighted by atomic mass is 10.1. The Kier molecular flexibility index (Phi) is 4.19. The molecule has 4 rings (SSSR count). The van der Waals surface area contributed by atoms with Gasteiger partial charge in [0, 0.05) is 51.1 Å². The fourth-order valence-electron chi connectivity index (χ4n) is 2.56. The Labute approximate surface area is 155 Å². The number of non-ortho nitro benzene ring substituents is 1. The van der Waals surface area contributed by atoms with Gasteiger partial charge in [0.05, 0.1) is 10.6 Å². The van der Waals surface area contributed by atoms with Crippen LogP contribution in [0.1, 0.15) is 16.1 Å². The highest BCUT2D eigenvalue weighted by Crippen LogP contribution is 2.27. The third-order valence-corrected chi connectivity index (χ3v) is 5.43. The number of nitro benzene ring substituents is 1. The highest BCUT2D eigenvalue weighted by atomic mass is 32.1. The van der Waals surface area contributed by atoms with Crippen molar-refractivity contribution >= 4 is 51.1 Å². The van der Waals surface area contributed by atoms with Crippen molar-refractivity contribution in [3.8, 4) is 10.6 Å². The van der Waals surface area contributed by atoms with Gasteiger partial charge in [-0.15, -0.1) is 11.3 Å². The molecule has 1 N–H and O–H groups in total. The molecule has 0 fully saturated rings. The normalized spacial score (nSPS) is 11.4. The molecule has 0 aliphatic carbocycles. The average Bonchev–Trinajstić information content (AvgIpc) is 3.38. The first-order chi connectivity index (χ1) is 12.6. The summed E-state index contributed by atoms with van der Waals surface area (Å²) in [6, 6.07) is 6.41. The maximum Gasteiger partial charge on any atom is 0.270 e. The van der Waals surface area contributed by atoms with Crippen molar-refractivity contribution in [2.75, 3.05) is 0 Å². The molecular weight excluding hydrogens is 370 g/mol. The number of thiazole rings is 1. The number of aromatic amines is 1. The number of benzene rings is 1. The summed E-state index contributed by atoms with van der Waals surface area (Å²) in [5.74, 6) is -0.234. The van der Waals surface area contributed by atoms with Crippen molar-refractivity contribution < 1.29 is 9.72 Å². The Hall–Kier alpha value is -3.10. The second-order valence-corrected chi connectivity index (χ2v) is 7.11. The lowest BCUT2D eigenvalue weighted by Crippen LogP contribution is -1.93. The third kappa shape index (κ3) is 3.07. The maximum atomic E-state index is 12.5. The Morgan fingerprint density at radius 3 is 2.92 bits per heavy atom. The molecule has 26 heavy (non-hydrogen) atoms. The number of aromatic nitrogens is 2. The van der Waals surface area contributed by atoms with Crippen LogP contribution in [0.5, 0.6) is 0 Å². The van der Waals surface area contributed by atoms with Gasteiger partial charge in [-0.1, -0.05) is 0 Å². The number of H-pyrrole nitrogens is 1. The molecule has 3 heterocycles. The quantitative estimate of drug-likeness (QED) is 0.224. The van der Waals surface area contributed by atoms with E-state index >= 15 is 0 Å². The van der Waals surface area contributed by atoms with Crippen LogP contribution in [0.25, 0.3) is 27.6 Å². The van der Waals surface area contributed by atoms with Crippen molar-refractivity contribution in [3.05, 3.63) is 74.1 Å². The van der Waals surface area contributed by atoms with Gasteiger partial charge in [-0.05, 0) is 29.7 Å². The van der Waals surface area contributed by atoms with Crippen LogP contribution in [-0.4, -0.2) is 20.7 Å². The van der Waals surface area contributed by atoms with Crippen molar-refractivity contribution in [1.82, 2.24) is 9.97 Å². The van der Waals surface area contributed by atoms with E-state index in [1.54, 1.807) is 29.7 Å². The van der Waals surface area contributed by atoms with Gasteiger partial charge in [0.1, 0.15) is 5.01 Å². The summed E-state index contributed by atoms with van der Waals surface area (Å²) in [5, 5.41) is 18.3. The van der Waals surface area contributed by atoms with Crippen LogP contribution in [0.15, 0.2) is 52.7 Å².